The van der Waals surface area contributed by atoms with Gasteiger partial charge >= 0.3 is 5.97 Å². The standard InChI is InChI=1S/C18H16ClN5O3/c1-26-15-8-7-11(19)9-14(15)21-16-10-20-24-18(23-16)22-13-6-4-3-5-12(13)17(25)27-2/h3-10H,1-2H3,(H2,21,22,23,24). The molecular weight excluding hydrogens is 370 g/mol. The Morgan fingerprint density at radius 1 is 1.07 bits per heavy atom. The van der Waals surface area contributed by atoms with E-state index in [1.807, 2.05) is 0 Å². The van der Waals surface area contributed by atoms with Gasteiger partial charge in [0.2, 0.25) is 5.95 Å². The average Bonchev–Trinajstić information content (AvgIpc) is 2.68. The van der Waals surface area contributed by atoms with Gasteiger partial charge in [0.05, 0.1) is 37.4 Å². The second-order valence-corrected chi connectivity index (χ2v) is 5.73. The van der Waals surface area contributed by atoms with Gasteiger partial charge in [-0.2, -0.15) is 10.1 Å². The molecule has 27 heavy (non-hydrogen) atoms. The maximum Gasteiger partial charge on any atom is 0.339 e. The number of hydrogen-bond donors (Lipinski definition) is 2. The minimum atomic E-state index is -0.469. The van der Waals surface area contributed by atoms with Crippen molar-refractivity contribution in [3.05, 3.63) is 59.2 Å². The monoisotopic (exact) mass is 385 g/mol. The van der Waals surface area contributed by atoms with E-state index in [-0.39, 0.29) is 5.95 Å². The first-order valence-corrected chi connectivity index (χ1v) is 8.23. The van der Waals surface area contributed by atoms with Gasteiger partial charge in [-0.25, -0.2) is 4.79 Å². The number of carbonyl (C=O) groups excluding carboxylic acids is 1. The van der Waals surface area contributed by atoms with Crippen LogP contribution in [0.2, 0.25) is 5.02 Å². The van der Waals surface area contributed by atoms with Gasteiger partial charge in [0.25, 0.3) is 0 Å². The predicted octanol–water partition coefficient (Wildman–Crippen LogP) is 3.81. The van der Waals surface area contributed by atoms with Gasteiger partial charge in [-0.3, -0.25) is 0 Å². The van der Waals surface area contributed by atoms with Crippen molar-refractivity contribution in [2.45, 2.75) is 0 Å². The van der Waals surface area contributed by atoms with E-state index in [1.165, 1.54) is 13.3 Å². The molecule has 0 aliphatic carbocycles. The number of rotatable bonds is 6. The highest BCUT2D eigenvalue weighted by Gasteiger charge is 2.13. The molecule has 0 bridgehead atoms. The van der Waals surface area contributed by atoms with Crippen LogP contribution in [0.4, 0.5) is 23.1 Å². The van der Waals surface area contributed by atoms with Gasteiger partial charge in [0.1, 0.15) is 5.75 Å². The Kier molecular flexibility index (Phi) is 5.68. The summed E-state index contributed by atoms with van der Waals surface area (Å²) >= 11 is 6.04. The SMILES string of the molecule is COC(=O)c1ccccc1Nc1nncc(Nc2cc(Cl)ccc2OC)n1. The Morgan fingerprint density at radius 2 is 1.89 bits per heavy atom. The summed E-state index contributed by atoms with van der Waals surface area (Å²) in [6.07, 6.45) is 1.46. The first-order valence-electron chi connectivity index (χ1n) is 7.85. The Hall–Kier alpha value is -3.39. The van der Waals surface area contributed by atoms with Crippen molar-refractivity contribution in [2.75, 3.05) is 24.9 Å². The van der Waals surface area contributed by atoms with Gasteiger partial charge in [0, 0.05) is 5.02 Å². The molecule has 0 saturated heterocycles. The number of anilines is 4. The average molecular weight is 386 g/mol. The molecule has 0 fully saturated rings. The molecule has 8 nitrogen and oxygen atoms in total. The minimum absolute atomic E-state index is 0.206. The Balaban J connectivity index is 1.85. The van der Waals surface area contributed by atoms with Crippen LogP contribution in [0.3, 0.4) is 0 Å². The second-order valence-electron chi connectivity index (χ2n) is 5.30. The number of hydrogen-bond acceptors (Lipinski definition) is 8. The number of carbonyl (C=O) groups is 1. The molecular formula is C18H16ClN5O3. The molecule has 0 aliphatic rings. The lowest BCUT2D eigenvalue weighted by Crippen LogP contribution is -2.08. The number of aromatic nitrogens is 3. The van der Waals surface area contributed by atoms with Crippen molar-refractivity contribution in [3.63, 3.8) is 0 Å². The third kappa shape index (κ3) is 4.42. The normalized spacial score (nSPS) is 10.2. The highest BCUT2D eigenvalue weighted by atomic mass is 35.5. The van der Waals surface area contributed by atoms with Gasteiger partial charge < -0.3 is 20.1 Å². The number of para-hydroxylation sites is 1. The fraction of sp³-hybridized carbons (Fsp3) is 0.111. The molecule has 0 unspecified atom stereocenters. The fourth-order valence-corrected chi connectivity index (χ4v) is 2.51. The molecule has 9 heteroatoms. The molecule has 2 N–H and O–H groups in total. The molecule has 0 spiro atoms. The van der Waals surface area contributed by atoms with Crippen LogP contribution in [-0.2, 0) is 4.74 Å². The van der Waals surface area contributed by atoms with Crippen molar-refractivity contribution in [3.8, 4) is 5.75 Å². The van der Waals surface area contributed by atoms with Crippen LogP contribution in [0.15, 0.2) is 48.7 Å². The summed E-state index contributed by atoms with van der Waals surface area (Å²) in [5.74, 6) is 0.758. The Labute approximate surface area is 160 Å². The van der Waals surface area contributed by atoms with Crippen LogP contribution in [0.5, 0.6) is 5.75 Å². The van der Waals surface area contributed by atoms with Gasteiger partial charge in [0.15, 0.2) is 5.82 Å². The lowest BCUT2D eigenvalue weighted by Gasteiger charge is -2.12. The zero-order valence-electron chi connectivity index (χ0n) is 14.6. The van der Waals surface area contributed by atoms with E-state index < -0.39 is 5.97 Å². The Morgan fingerprint density at radius 3 is 2.67 bits per heavy atom. The zero-order chi connectivity index (χ0) is 19.2. The molecule has 1 aromatic heterocycles. The maximum absolute atomic E-state index is 11.9. The first-order chi connectivity index (χ1) is 13.1. The third-order valence-corrected chi connectivity index (χ3v) is 3.80. The van der Waals surface area contributed by atoms with Crippen LogP contribution < -0.4 is 15.4 Å². The molecule has 0 saturated carbocycles. The molecule has 3 aromatic rings. The Bertz CT molecular complexity index is 967. The summed E-state index contributed by atoms with van der Waals surface area (Å²) in [6.45, 7) is 0. The zero-order valence-corrected chi connectivity index (χ0v) is 15.3. The van der Waals surface area contributed by atoms with Crippen molar-refractivity contribution in [2.24, 2.45) is 0 Å². The number of nitrogens with one attached hydrogen (secondary N) is 2. The predicted molar refractivity (Wildman–Crippen MR) is 102 cm³/mol. The van der Waals surface area contributed by atoms with Crippen molar-refractivity contribution in [1.29, 1.82) is 0 Å². The summed E-state index contributed by atoms with van der Waals surface area (Å²) in [5.41, 5.74) is 1.49. The summed E-state index contributed by atoms with van der Waals surface area (Å²) in [5, 5.41) is 14.5. The molecule has 0 atom stereocenters. The van der Waals surface area contributed by atoms with Crippen molar-refractivity contribution >= 4 is 40.7 Å². The maximum atomic E-state index is 11.9. The number of methoxy groups -OCH3 is 2. The van der Waals surface area contributed by atoms with Gasteiger partial charge in [-0.1, -0.05) is 23.7 Å². The first kappa shape index (κ1) is 18.4. The molecule has 2 aromatic carbocycles. The van der Waals surface area contributed by atoms with Gasteiger partial charge in [-0.15, -0.1) is 5.10 Å². The topological polar surface area (TPSA) is 98.3 Å². The lowest BCUT2D eigenvalue weighted by atomic mass is 10.2. The van der Waals surface area contributed by atoms with E-state index in [9.17, 15) is 4.79 Å². The van der Waals surface area contributed by atoms with Crippen LogP contribution in [0.25, 0.3) is 0 Å². The largest absolute Gasteiger partial charge is 0.495 e. The van der Waals surface area contributed by atoms with E-state index in [0.29, 0.717) is 33.5 Å². The van der Waals surface area contributed by atoms with Crippen molar-refractivity contribution in [1.82, 2.24) is 15.2 Å². The van der Waals surface area contributed by atoms with Crippen LogP contribution >= 0.6 is 11.6 Å². The highest BCUT2D eigenvalue weighted by molar-refractivity contribution is 6.31. The second kappa shape index (κ2) is 8.33. The lowest BCUT2D eigenvalue weighted by molar-refractivity contribution is 0.0602. The summed E-state index contributed by atoms with van der Waals surface area (Å²) in [7, 11) is 2.88. The van der Waals surface area contributed by atoms with Crippen LogP contribution in [0, 0.1) is 0 Å². The van der Waals surface area contributed by atoms with E-state index >= 15 is 0 Å². The molecule has 1 heterocycles. The number of esters is 1. The van der Waals surface area contributed by atoms with Crippen LogP contribution in [0.1, 0.15) is 10.4 Å². The number of ether oxygens (including phenoxy) is 2. The fourth-order valence-electron chi connectivity index (χ4n) is 2.33. The van der Waals surface area contributed by atoms with E-state index in [4.69, 9.17) is 21.1 Å². The number of halogens is 1. The minimum Gasteiger partial charge on any atom is -0.495 e. The highest BCUT2D eigenvalue weighted by Crippen LogP contribution is 2.30. The van der Waals surface area contributed by atoms with Crippen LogP contribution in [-0.4, -0.2) is 35.4 Å². The third-order valence-electron chi connectivity index (χ3n) is 3.56. The van der Waals surface area contributed by atoms with E-state index in [0.717, 1.165) is 0 Å². The molecule has 0 radical (unpaired) electrons. The molecule has 138 valence electrons. The molecule has 0 aliphatic heterocycles. The summed E-state index contributed by atoms with van der Waals surface area (Å²) in [6, 6.07) is 12.0. The quantitative estimate of drug-likeness (QED) is 0.618. The summed E-state index contributed by atoms with van der Waals surface area (Å²) in [4.78, 5) is 16.2. The smallest absolute Gasteiger partial charge is 0.339 e. The number of benzene rings is 2. The summed E-state index contributed by atoms with van der Waals surface area (Å²) < 4.78 is 10.1. The van der Waals surface area contributed by atoms with Crippen molar-refractivity contribution < 1.29 is 14.3 Å². The molecule has 3 rings (SSSR count). The number of nitrogens with zero attached hydrogens (tertiary/aromatic N) is 3. The van der Waals surface area contributed by atoms with Gasteiger partial charge in [-0.05, 0) is 30.3 Å². The molecule has 0 amide bonds. The van der Waals surface area contributed by atoms with E-state index in [2.05, 4.69) is 25.8 Å². The van der Waals surface area contributed by atoms with E-state index in [1.54, 1.807) is 49.6 Å².